The van der Waals surface area contributed by atoms with Gasteiger partial charge in [-0.05, 0) is 32.2 Å². The molecule has 19 heavy (non-hydrogen) atoms. The Kier molecular flexibility index (Phi) is 6.32. The number of aromatic nitrogens is 1. The van der Waals surface area contributed by atoms with Crippen molar-refractivity contribution >= 4 is 11.3 Å². The van der Waals surface area contributed by atoms with Crippen molar-refractivity contribution in [3.05, 3.63) is 15.6 Å². The molecule has 1 heterocycles. The van der Waals surface area contributed by atoms with E-state index in [0.29, 0.717) is 0 Å². The van der Waals surface area contributed by atoms with E-state index in [1.807, 2.05) is 11.3 Å². The third-order valence-electron chi connectivity index (χ3n) is 3.95. The van der Waals surface area contributed by atoms with Crippen molar-refractivity contribution in [1.29, 1.82) is 0 Å². The number of nitrogens with zero attached hydrogens (tertiary/aromatic N) is 1. The number of aryl methyl sites for hydroxylation is 1. The molecule has 0 saturated heterocycles. The molecule has 0 radical (unpaired) electrons. The molecule has 2 nitrogen and oxygen atoms in total. The van der Waals surface area contributed by atoms with E-state index in [2.05, 4.69) is 19.2 Å². The Balaban J connectivity index is 2.04. The maximum Gasteiger partial charge on any atom is 0.0962 e. The molecule has 2 rings (SSSR count). The van der Waals surface area contributed by atoms with Crippen molar-refractivity contribution in [2.75, 3.05) is 6.54 Å². The highest BCUT2D eigenvalue weighted by Crippen LogP contribution is 2.36. The maximum atomic E-state index is 4.98. The number of thiazole rings is 1. The molecule has 0 amide bonds. The lowest BCUT2D eigenvalue weighted by atomic mass is 9.90. The SMILES string of the molecule is CCCNCc1sc(C2CCCCC2)nc1CCC. The Morgan fingerprint density at radius 1 is 1.16 bits per heavy atom. The van der Waals surface area contributed by atoms with Crippen LogP contribution in [0.2, 0.25) is 0 Å². The monoisotopic (exact) mass is 280 g/mol. The summed E-state index contributed by atoms with van der Waals surface area (Å²) in [5.74, 6) is 0.759. The van der Waals surface area contributed by atoms with Crippen LogP contribution in [0.25, 0.3) is 0 Å². The van der Waals surface area contributed by atoms with Crippen molar-refractivity contribution in [3.8, 4) is 0 Å². The van der Waals surface area contributed by atoms with Crippen LogP contribution in [0.15, 0.2) is 0 Å². The van der Waals surface area contributed by atoms with E-state index in [0.717, 1.165) is 25.4 Å². The van der Waals surface area contributed by atoms with Gasteiger partial charge >= 0.3 is 0 Å². The molecule has 1 aromatic rings. The smallest absolute Gasteiger partial charge is 0.0962 e. The van der Waals surface area contributed by atoms with Gasteiger partial charge in [-0.1, -0.05) is 39.5 Å². The van der Waals surface area contributed by atoms with E-state index < -0.39 is 0 Å². The lowest BCUT2D eigenvalue weighted by Gasteiger charge is -2.18. The number of hydrogen-bond donors (Lipinski definition) is 1. The van der Waals surface area contributed by atoms with Gasteiger partial charge < -0.3 is 5.32 Å². The summed E-state index contributed by atoms with van der Waals surface area (Å²) in [5.41, 5.74) is 1.37. The van der Waals surface area contributed by atoms with Crippen LogP contribution in [-0.2, 0) is 13.0 Å². The molecule has 0 aliphatic heterocycles. The van der Waals surface area contributed by atoms with Gasteiger partial charge in [-0.3, -0.25) is 0 Å². The summed E-state index contributed by atoms with van der Waals surface area (Å²) in [4.78, 5) is 6.48. The van der Waals surface area contributed by atoms with Gasteiger partial charge in [0.1, 0.15) is 0 Å². The molecular weight excluding hydrogens is 252 g/mol. The zero-order chi connectivity index (χ0) is 13.5. The predicted octanol–water partition coefficient (Wildman–Crippen LogP) is 4.64. The molecule has 0 bridgehead atoms. The Morgan fingerprint density at radius 3 is 2.63 bits per heavy atom. The first-order chi connectivity index (χ1) is 9.35. The van der Waals surface area contributed by atoms with Crippen LogP contribution in [0.5, 0.6) is 0 Å². The van der Waals surface area contributed by atoms with Crippen LogP contribution in [0.1, 0.15) is 80.3 Å². The maximum absolute atomic E-state index is 4.98. The molecule has 1 aliphatic carbocycles. The molecule has 1 aromatic heterocycles. The van der Waals surface area contributed by atoms with Crippen molar-refractivity contribution in [2.24, 2.45) is 0 Å². The Hall–Kier alpha value is -0.410. The van der Waals surface area contributed by atoms with Crippen molar-refractivity contribution in [1.82, 2.24) is 10.3 Å². The van der Waals surface area contributed by atoms with Gasteiger partial charge in [0, 0.05) is 17.3 Å². The summed E-state index contributed by atoms with van der Waals surface area (Å²) in [6.45, 7) is 6.61. The molecular formula is C16H28N2S. The summed E-state index contributed by atoms with van der Waals surface area (Å²) >= 11 is 1.98. The quantitative estimate of drug-likeness (QED) is 0.736. The number of hydrogen-bond acceptors (Lipinski definition) is 3. The van der Waals surface area contributed by atoms with Crippen LogP contribution in [0.4, 0.5) is 0 Å². The van der Waals surface area contributed by atoms with Gasteiger partial charge in [-0.15, -0.1) is 11.3 Å². The third-order valence-corrected chi connectivity index (χ3v) is 5.21. The highest BCUT2D eigenvalue weighted by atomic mass is 32.1. The minimum atomic E-state index is 0.759. The van der Waals surface area contributed by atoms with Gasteiger partial charge in [0.2, 0.25) is 0 Å². The molecule has 0 spiro atoms. The van der Waals surface area contributed by atoms with E-state index in [1.54, 1.807) is 0 Å². The molecule has 108 valence electrons. The van der Waals surface area contributed by atoms with E-state index in [1.165, 1.54) is 60.5 Å². The minimum absolute atomic E-state index is 0.759. The molecule has 1 aliphatic rings. The van der Waals surface area contributed by atoms with Crippen LogP contribution in [0, 0.1) is 0 Å². The third kappa shape index (κ3) is 4.28. The lowest BCUT2D eigenvalue weighted by Crippen LogP contribution is -2.13. The van der Waals surface area contributed by atoms with Gasteiger partial charge in [-0.2, -0.15) is 0 Å². The second-order valence-electron chi connectivity index (χ2n) is 5.68. The fourth-order valence-electron chi connectivity index (χ4n) is 2.88. The Bertz CT molecular complexity index is 367. The van der Waals surface area contributed by atoms with Crippen molar-refractivity contribution in [2.45, 2.75) is 77.7 Å². The summed E-state index contributed by atoms with van der Waals surface area (Å²) < 4.78 is 0. The van der Waals surface area contributed by atoms with Gasteiger partial charge in [-0.25, -0.2) is 4.98 Å². The Morgan fingerprint density at radius 2 is 1.95 bits per heavy atom. The summed E-state index contributed by atoms with van der Waals surface area (Å²) in [6, 6.07) is 0. The van der Waals surface area contributed by atoms with Crippen LogP contribution in [-0.4, -0.2) is 11.5 Å². The molecule has 1 saturated carbocycles. The fraction of sp³-hybridized carbons (Fsp3) is 0.812. The van der Waals surface area contributed by atoms with Crippen LogP contribution in [0.3, 0.4) is 0 Å². The average Bonchev–Trinajstić information content (AvgIpc) is 2.84. The summed E-state index contributed by atoms with van der Waals surface area (Å²) in [5, 5.41) is 4.96. The van der Waals surface area contributed by atoms with Crippen LogP contribution < -0.4 is 5.32 Å². The second-order valence-corrected chi connectivity index (χ2v) is 6.80. The van der Waals surface area contributed by atoms with Crippen LogP contribution >= 0.6 is 11.3 Å². The highest BCUT2D eigenvalue weighted by Gasteiger charge is 2.20. The summed E-state index contributed by atoms with van der Waals surface area (Å²) in [7, 11) is 0. The van der Waals surface area contributed by atoms with Crippen molar-refractivity contribution < 1.29 is 0 Å². The number of nitrogens with one attached hydrogen (secondary N) is 1. The first kappa shape index (κ1) is 15.0. The average molecular weight is 280 g/mol. The fourth-order valence-corrected chi connectivity index (χ4v) is 4.13. The zero-order valence-corrected chi connectivity index (χ0v) is 13.3. The largest absolute Gasteiger partial charge is 0.312 e. The standard InChI is InChI=1S/C16H28N2S/c1-3-8-14-15(12-17-11-4-2)19-16(18-14)13-9-6-5-7-10-13/h13,17H,3-12H2,1-2H3. The predicted molar refractivity (Wildman–Crippen MR) is 83.9 cm³/mol. The molecule has 1 N–H and O–H groups in total. The lowest BCUT2D eigenvalue weighted by molar-refractivity contribution is 0.442. The topological polar surface area (TPSA) is 24.9 Å². The van der Waals surface area contributed by atoms with Crippen molar-refractivity contribution in [3.63, 3.8) is 0 Å². The minimum Gasteiger partial charge on any atom is -0.312 e. The molecule has 0 atom stereocenters. The van der Waals surface area contributed by atoms with Gasteiger partial charge in [0.05, 0.1) is 10.7 Å². The van der Waals surface area contributed by atoms with E-state index in [4.69, 9.17) is 4.98 Å². The molecule has 1 fully saturated rings. The molecule has 0 unspecified atom stereocenters. The summed E-state index contributed by atoms with van der Waals surface area (Å²) in [6.07, 6.45) is 10.5. The molecule has 3 heteroatoms. The zero-order valence-electron chi connectivity index (χ0n) is 12.5. The highest BCUT2D eigenvalue weighted by molar-refractivity contribution is 7.11. The van der Waals surface area contributed by atoms with Gasteiger partial charge in [0.15, 0.2) is 0 Å². The first-order valence-corrected chi connectivity index (χ1v) is 8.86. The number of rotatable bonds is 7. The van der Waals surface area contributed by atoms with E-state index in [-0.39, 0.29) is 0 Å². The van der Waals surface area contributed by atoms with E-state index in [9.17, 15) is 0 Å². The second kappa shape index (κ2) is 8.01. The van der Waals surface area contributed by atoms with Gasteiger partial charge in [0.25, 0.3) is 0 Å². The molecule has 0 aromatic carbocycles. The normalized spacial score (nSPS) is 16.9. The van der Waals surface area contributed by atoms with E-state index >= 15 is 0 Å². The Labute approximate surface area is 122 Å². The first-order valence-electron chi connectivity index (χ1n) is 8.04.